The Kier molecular flexibility index (Phi) is 5.87. The second kappa shape index (κ2) is 7.01. The minimum atomic E-state index is -4.02. The van der Waals surface area contributed by atoms with Gasteiger partial charge >= 0.3 is 5.97 Å². The first-order chi connectivity index (χ1) is 9.63. The number of anilines is 1. The molecule has 0 heterocycles. The van der Waals surface area contributed by atoms with Gasteiger partial charge in [0.2, 0.25) is 10.0 Å². The first kappa shape index (κ1) is 17.6. The average molecular weight is 334 g/mol. The van der Waals surface area contributed by atoms with E-state index in [0.29, 0.717) is 12.2 Å². The molecule has 21 heavy (non-hydrogen) atoms. The van der Waals surface area contributed by atoms with E-state index in [0.717, 1.165) is 12.1 Å². The predicted octanol–water partition coefficient (Wildman–Crippen LogP) is 0.402. The molecule has 2 atom stereocenters. The maximum atomic E-state index is 12.3. The third kappa shape index (κ3) is 5.10. The Hall–Kier alpha value is -1.45. The number of hydrogen-bond acceptors (Lipinski definition) is 5. The molecule has 0 bridgehead atoms. The van der Waals surface area contributed by atoms with Crippen LogP contribution in [0.3, 0.4) is 0 Å². The van der Waals surface area contributed by atoms with Crippen molar-refractivity contribution in [2.45, 2.75) is 24.3 Å². The molecule has 0 aliphatic rings. The molecule has 0 saturated heterocycles. The minimum Gasteiger partial charge on any atom is -0.478 e. The van der Waals surface area contributed by atoms with E-state index in [-0.39, 0.29) is 16.1 Å². The number of nitrogen functional groups attached to an aromatic ring is 1. The summed E-state index contributed by atoms with van der Waals surface area (Å²) in [5, 5.41) is 9.06. The molecule has 2 unspecified atom stereocenters. The highest BCUT2D eigenvalue weighted by Gasteiger charge is 2.24. The second-order valence-electron chi connectivity index (χ2n) is 4.65. The van der Waals surface area contributed by atoms with Crippen LogP contribution in [0.2, 0.25) is 0 Å². The van der Waals surface area contributed by atoms with Crippen LogP contribution >= 0.6 is 0 Å². The molecule has 0 radical (unpaired) electrons. The van der Waals surface area contributed by atoms with Gasteiger partial charge in [-0.05, 0) is 31.5 Å². The number of benzene rings is 1. The smallest absolute Gasteiger partial charge is 0.337 e. The first-order valence-corrected chi connectivity index (χ1v) is 9.29. The summed E-state index contributed by atoms with van der Waals surface area (Å²) in [6, 6.07) is 3.11. The molecular formula is C12H18N2O5S2. The highest BCUT2D eigenvalue weighted by molar-refractivity contribution is 7.89. The van der Waals surface area contributed by atoms with Crippen LogP contribution in [0.25, 0.3) is 0 Å². The van der Waals surface area contributed by atoms with Crippen LogP contribution in [-0.2, 0) is 20.8 Å². The third-order valence-corrected chi connectivity index (χ3v) is 5.16. The van der Waals surface area contributed by atoms with Gasteiger partial charge in [-0.25, -0.2) is 17.9 Å². The zero-order valence-corrected chi connectivity index (χ0v) is 13.3. The quantitative estimate of drug-likeness (QED) is 0.620. The Morgan fingerprint density at radius 3 is 2.62 bits per heavy atom. The summed E-state index contributed by atoms with van der Waals surface area (Å²) >= 11 is 0. The lowest BCUT2D eigenvalue weighted by Crippen LogP contribution is -2.34. The van der Waals surface area contributed by atoms with Gasteiger partial charge in [0.1, 0.15) is 0 Å². The lowest BCUT2D eigenvalue weighted by atomic mass is 10.2. The maximum Gasteiger partial charge on any atom is 0.337 e. The standard InChI is InChI=1S/C12H18N2O5S2/c1-8(5-6-20(2)17)14-21(18,19)11-7-9(13)3-4-10(11)12(15)16/h3-4,7-8,14H,5-6,13H2,1-2H3,(H,15,16). The van der Waals surface area contributed by atoms with Crippen molar-refractivity contribution in [3.05, 3.63) is 23.8 Å². The van der Waals surface area contributed by atoms with Gasteiger partial charge in [0.25, 0.3) is 0 Å². The first-order valence-electron chi connectivity index (χ1n) is 6.08. The van der Waals surface area contributed by atoms with Crippen molar-refractivity contribution in [1.82, 2.24) is 4.72 Å². The minimum absolute atomic E-state index is 0.155. The third-order valence-electron chi connectivity index (χ3n) is 2.72. The van der Waals surface area contributed by atoms with Crippen LogP contribution in [0.15, 0.2) is 23.1 Å². The maximum absolute atomic E-state index is 12.3. The van der Waals surface area contributed by atoms with Crippen LogP contribution in [0.4, 0.5) is 5.69 Å². The van der Waals surface area contributed by atoms with E-state index in [9.17, 15) is 17.4 Å². The summed E-state index contributed by atoms with van der Waals surface area (Å²) in [5.74, 6) is -0.996. The van der Waals surface area contributed by atoms with Crippen molar-refractivity contribution < 1.29 is 22.5 Å². The summed E-state index contributed by atoms with van der Waals surface area (Å²) in [4.78, 5) is 10.7. The molecule has 0 amide bonds. The molecule has 4 N–H and O–H groups in total. The highest BCUT2D eigenvalue weighted by Crippen LogP contribution is 2.19. The van der Waals surface area contributed by atoms with E-state index in [1.165, 1.54) is 12.3 Å². The van der Waals surface area contributed by atoms with Crippen molar-refractivity contribution in [3.8, 4) is 0 Å². The van der Waals surface area contributed by atoms with Gasteiger partial charge in [-0.3, -0.25) is 4.21 Å². The SMILES string of the molecule is CC(CCS(C)=O)NS(=O)(=O)c1cc(N)ccc1C(=O)O. The lowest BCUT2D eigenvalue weighted by molar-refractivity contribution is 0.0692. The van der Waals surface area contributed by atoms with Gasteiger partial charge in [0.15, 0.2) is 0 Å². The number of nitrogens with two attached hydrogens (primary N) is 1. The fourth-order valence-electron chi connectivity index (χ4n) is 1.67. The number of carboxylic acid groups (broad SMARTS) is 1. The van der Waals surface area contributed by atoms with Crippen molar-refractivity contribution in [2.24, 2.45) is 0 Å². The molecular weight excluding hydrogens is 316 g/mol. The van der Waals surface area contributed by atoms with E-state index < -0.39 is 32.8 Å². The van der Waals surface area contributed by atoms with E-state index in [4.69, 9.17) is 10.8 Å². The van der Waals surface area contributed by atoms with E-state index in [1.54, 1.807) is 6.92 Å². The molecule has 0 aromatic heterocycles. The van der Waals surface area contributed by atoms with Gasteiger partial charge in [-0.2, -0.15) is 0 Å². The molecule has 9 heteroatoms. The number of nitrogens with one attached hydrogen (secondary N) is 1. The number of carboxylic acids is 1. The topological polar surface area (TPSA) is 127 Å². The van der Waals surface area contributed by atoms with Crippen LogP contribution in [0.5, 0.6) is 0 Å². The number of carbonyl (C=O) groups is 1. The summed E-state index contributed by atoms with van der Waals surface area (Å²) in [7, 11) is -5.04. The molecule has 0 aliphatic carbocycles. The van der Waals surface area contributed by atoms with E-state index in [1.807, 2.05) is 0 Å². The number of rotatable bonds is 7. The van der Waals surface area contributed by atoms with Gasteiger partial charge < -0.3 is 10.8 Å². The summed E-state index contributed by atoms with van der Waals surface area (Å²) in [6.45, 7) is 1.62. The molecule has 1 aromatic rings. The Balaban J connectivity index is 3.05. The van der Waals surface area contributed by atoms with Gasteiger partial charge in [0, 0.05) is 34.5 Å². The largest absolute Gasteiger partial charge is 0.478 e. The Bertz CT molecular complexity index is 658. The van der Waals surface area contributed by atoms with Crippen LogP contribution in [0.1, 0.15) is 23.7 Å². The molecule has 7 nitrogen and oxygen atoms in total. The molecule has 0 saturated carbocycles. The van der Waals surface area contributed by atoms with E-state index in [2.05, 4.69) is 4.72 Å². The molecule has 1 rings (SSSR count). The van der Waals surface area contributed by atoms with Crippen LogP contribution < -0.4 is 10.5 Å². The fourth-order valence-corrected chi connectivity index (χ4v) is 3.86. The molecule has 0 aliphatic heterocycles. The van der Waals surface area contributed by atoms with Crippen molar-refractivity contribution in [3.63, 3.8) is 0 Å². The molecule has 1 aromatic carbocycles. The van der Waals surface area contributed by atoms with Gasteiger partial charge in [0.05, 0.1) is 10.5 Å². The predicted molar refractivity (Wildman–Crippen MR) is 81.1 cm³/mol. The molecule has 118 valence electrons. The Morgan fingerprint density at radius 2 is 2.10 bits per heavy atom. The number of aromatic carboxylic acids is 1. The Morgan fingerprint density at radius 1 is 1.48 bits per heavy atom. The second-order valence-corrected chi connectivity index (χ2v) is 7.89. The lowest BCUT2D eigenvalue weighted by Gasteiger charge is -2.15. The molecule has 0 spiro atoms. The van der Waals surface area contributed by atoms with Crippen molar-refractivity contribution in [2.75, 3.05) is 17.7 Å². The van der Waals surface area contributed by atoms with Crippen molar-refractivity contribution >= 4 is 32.5 Å². The van der Waals surface area contributed by atoms with Crippen molar-refractivity contribution in [1.29, 1.82) is 0 Å². The van der Waals surface area contributed by atoms with Crippen LogP contribution in [0, 0.1) is 0 Å². The molecule has 0 fully saturated rings. The average Bonchev–Trinajstić information content (AvgIpc) is 2.35. The highest BCUT2D eigenvalue weighted by atomic mass is 32.2. The van der Waals surface area contributed by atoms with Crippen LogP contribution in [-0.4, -0.2) is 41.8 Å². The number of hydrogen-bond donors (Lipinski definition) is 3. The Labute approximate surface area is 126 Å². The summed E-state index contributed by atoms with van der Waals surface area (Å²) < 4.78 is 37.9. The monoisotopic (exact) mass is 334 g/mol. The summed E-state index contributed by atoms with van der Waals surface area (Å²) in [5.41, 5.74) is 5.34. The number of sulfonamides is 1. The van der Waals surface area contributed by atoms with Gasteiger partial charge in [-0.1, -0.05) is 0 Å². The van der Waals surface area contributed by atoms with E-state index >= 15 is 0 Å². The normalized spacial score (nSPS) is 14.6. The zero-order chi connectivity index (χ0) is 16.2. The zero-order valence-electron chi connectivity index (χ0n) is 11.7. The van der Waals surface area contributed by atoms with Gasteiger partial charge in [-0.15, -0.1) is 0 Å². The fraction of sp³-hybridized carbons (Fsp3) is 0.417. The summed E-state index contributed by atoms with van der Waals surface area (Å²) in [6.07, 6.45) is 1.91.